The van der Waals surface area contributed by atoms with Gasteiger partial charge in [0, 0.05) is 19.1 Å². The lowest BCUT2D eigenvalue weighted by atomic mass is 9.92. The molecule has 92 valence electrons. The topological polar surface area (TPSA) is 60.4 Å². The number of hydrogen-bond acceptors (Lipinski definition) is 4. The summed E-state index contributed by atoms with van der Waals surface area (Å²) in [5, 5.41) is -0.718. The van der Waals surface area contributed by atoms with Crippen LogP contribution in [0, 0.1) is 5.92 Å². The van der Waals surface area contributed by atoms with E-state index in [4.69, 9.17) is 4.74 Å². The van der Waals surface area contributed by atoms with Crippen molar-refractivity contribution in [2.45, 2.75) is 37.4 Å². The zero-order valence-electron chi connectivity index (χ0n) is 9.35. The number of ether oxygens (including phenoxy) is 1. The first-order chi connectivity index (χ1) is 7.61. The maximum Gasteiger partial charge on any atom is 0.160 e. The van der Waals surface area contributed by atoms with Gasteiger partial charge in [0.25, 0.3) is 0 Å². The molecule has 5 heteroatoms. The van der Waals surface area contributed by atoms with Gasteiger partial charge >= 0.3 is 0 Å². The highest BCUT2D eigenvalue weighted by Crippen LogP contribution is 2.26. The Kier molecular flexibility index (Phi) is 3.64. The minimum Gasteiger partial charge on any atom is -0.381 e. The summed E-state index contributed by atoms with van der Waals surface area (Å²) < 4.78 is 28.8. The lowest BCUT2D eigenvalue weighted by Crippen LogP contribution is -2.40. The van der Waals surface area contributed by atoms with Crippen molar-refractivity contribution in [3.8, 4) is 0 Å². The molecule has 0 radical (unpaired) electrons. The van der Waals surface area contributed by atoms with E-state index >= 15 is 0 Å². The maximum atomic E-state index is 12.1. The molecule has 0 aromatic heterocycles. The number of rotatable bonds is 2. The fourth-order valence-electron chi connectivity index (χ4n) is 2.52. The number of carbonyl (C=O) groups excluding carboxylic acids is 1. The average Bonchev–Trinajstić information content (AvgIpc) is 2.29. The van der Waals surface area contributed by atoms with Crippen molar-refractivity contribution in [2.75, 3.05) is 19.0 Å². The molecule has 0 aromatic carbocycles. The molecule has 4 nitrogen and oxygen atoms in total. The standard InChI is InChI=1S/C11H18O4S/c12-11(9-4-6-15-7-5-9)10-3-1-2-8-16(10,13)14/h9-10H,1-8H2. The summed E-state index contributed by atoms with van der Waals surface area (Å²) >= 11 is 0. The number of hydrogen-bond donors (Lipinski definition) is 0. The zero-order chi connectivity index (χ0) is 11.6. The maximum absolute atomic E-state index is 12.1. The van der Waals surface area contributed by atoms with Crippen LogP contribution in [0.5, 0.6) is 0 Å². The average molecular weight is 246 g/mol. The summed E-state index contributed by atoms with van der Waals surface area (Å²) in [5.74, 6) is 0.0433. The first kappa shape index (κ1) is 12.0. The number of carbonyl (C=O) groups is 1. The minimum absolute atomic E-state index is 0.0528. The molecule has 2 aliphatic heterocycles. The van der Waals surface area contributed by atoms with E-state index in [2.05, 4.69) is 0 Å². The first-order valence-electron chi connectivity index (χ1n) is 5.94. The molecular formula is C11H18O4S. The molecule has 0 aliphatic carbocycles. The third-order valence-corrected chi connectivity index (χ3v) is 5.71. The molecule has 1 unspecified atom stereocenters. The summed E-state index contributed by atoms with van der Waals surface area (Å²) in [6, 6.07) is 0. The molecule has 2 saturated heterocycles. The molecule has 2 rings (SSSR count). The van der Waals surface area contributed by atoms with Gasteiger partial charge in [-0.25, -0.2) is 8.42 Å². The van der Waals surface area contributed by atoms with Crippen molar-refractivity contribution >= 4 is 15.6 Å². The van der Waals surface area contributed by atoms with Gasteiger partial charge in [0.15, 0.2) is 15.6 Å². The molecule has 0 N–H and O–H groups in total. The molecule has 0 saturated carbocycles. The molecule has 2 heterocycles. The third kappa shape index (κ3) is 2.46. The first-order valence-corrected chi connectivity index (χ1v) is 7.66. The predicted octanol–water partition coefficient (Wildman–Crippen LogP) is 0.949. The Morgan fingerprint density at radius 2 is 1.75 bits per heavy atom. The van der Waals surface area contributed by atoms with Gasteiger partial charge in [-0.05, 0) is 25.7 Å². The van der Waals surface area contributed by atoms with Crippen molar-refractivity contribution < 1.29 is 17.9 Å². The SMILES string of the molecule is O=C(C1CCOCC1)C1CCCCS1(=O)=O. The van der Waals surface area contributed by atoms with E-state index in [0.717, 1.165) is 6.42 Å². The molecule has 2 aliphatic rings. The van der Waals surface area contributed by atoms with E-state index < -0.39 is 15.1 Å². The van der Waals surface area contributed by atoms with Gasteiger partial charge in [-0.2, -0.15) is 0 Å². The van der Waals surface area contributed by atoms with Gasteiger partial charge in [0.05, 0.1) is 5.75 Å². The number of ketones is 1. The number of sulfone groups is 1. The molecule has 2 fully saturated rings. The van der Waals surface area contributed by atoms with Gasteiger partial charge in [0.1, 0.15) is 5.25 Å². The van der Waals surface area contributed by atoms with Crippen LogP contribution in [0.15, 0.2) is 0 Å². The van der Waals surface area contributed by atoms with Crippen LogP contribution in [0.3, 0.4) is 0 Å². The summed E-state index contributed by atoms with van der Waals surface area (Å²) in [4.78, 5) is 12.1. The highest BCUT2D eigenvalue weighted by Gasteiger charge is 2.38. The molecule has 0 aromatic rings. The highest BCUT2D eigenvalue weighted by molar-refractivity contribution is 7.92. The van der Waals surface area contributed by atoms with Gasteiger partial charge in [0.2, 0.25) is 0 Å². The molecule has 1 atom stereocenters. The molecular weight excluding hydrogens is 228 g/mol. The fraction of sp³-hybridized carbons (Fsp3) is 0.909. The second kappa shape index (κ2) is 4.84. The van der Waals surface area contributed by atoms with Crippen molar-refractivity contribution in [3.05, 3.63) is 0 Å². The van der Waals surface area contributed by atoms with Crippen LogP contribution in [-0.2, 0) is 19.4 Å². The summed E-state index contributed by atoms with van der Waals surface area (Å²) in [6.07, 6.45) is 3.47. The molecule has 0 bridgehead atoms. The van der Waals surface area contributed by atoms with Crippen LogP contribution >= 0.6 is 0 Å². The Morgan fingerprint density at radius 3 is 2.38 bits per heavy atom. The van der Waals surface area contributed by atoms with E-state index in [0.29, 0.717) is 38.9 Å². The lowest BCUT2D eigenvalue weighted by Gasteiger charge is -2.27. The zero-order valence-corrected chi connectivity index (χ0v) is 10.2. The van der Waals surface area contributed by atoms with E-state index in [1.54, 1.807) is 0 Å². The Morgan fingerprint density at radius 1 is 1.06 bits per heavy atom. The Labute approximate surface area is 96.3 Å². The quantitative estimate of drug-likeness (QED) is 0.728. The van der Waals surface area contributed by atoms with Crippen molar-refractivity contribution in [2.24, 2.45) is 5.92 Å². The van der Waals surface area contributed by atoms with Gasteiger partial charge < -0.3 is 4.74 Å². The van der Waals surface area contributed by atoms with Crippen LogP contribution in [0.2, 0.25) is 0 Å². The van der Waals surface area contributed by atoms with Crippen LogP contribution in [0.25, 0.3) is 0 Å². The minimum atomic E-state index is -3.16. The van der Waals surface area contributed by atoms with E-state index in [-0.39, 0.29) is 17.5 Å². The lowest BCUT2D eigenvalue weighted by molar-refractivity contribution is -0.125. The van der Waals surface area contributed by atoms with Crippen LogP contribution < -0.4 is 0 Å². The second-order valence-electron chi connectivity index (χ2n) is 4.64. The summed E-state index contributed by atoms with van der Waals surface area (Å²) in [5.41, 5.74) is 0. The van der Waals surface area contributed by atoms with Crippen molar-refractivity contribution in [1.82, 2.24) is 0 Å². The summed E-state index contributed by atoms with van der Waals surface area (Å²) in [6.45, 7) is 1.17. The van der Waals surface area contributed by atoms with Crippen molar-refractivity contribution in [1.29, 1.82) is 0 Å². The fourth-order valence-corrected chi connectivity index (χ4v) is 4.48. The van der Waals surface area contributed by atoms with Crippen LogP contribution in [0.4, 0.5) is 0 Å². The van der Waals surface area contributed by atoms with Crippen molar-refractivity contribution in [3.63, 3.8) is 0 Å². The molecule has 16 heavy (non-hydrogen) atoms. The van der Waals surface area contributed by atoms with Gasteiger partial charge in [-0.3, -0.25) is 4.79 Å². The Bertz CT molecular complexity index is 354. The third-order valence-electron chi connectivity index (χ3n) is 3.52. The van der Waals surface area contributed by atoms with Crippen LogP contribution in [-0.4, -0.2) is 38.4 Å². The Balaban J connectivity index is 2.07. The van der Waals surface area contributed by atoms with Gasteiger partial charge in [-0.15, -0.1) is 0 Å². The predicted molar refractivity (Wildman–Crippen MR) is 60.0 cm³/mol. The van der Waals surface area contributed by atoms with Gasteiger partial charge in [-0.1, -0.05) is 6.42 Å². The smallest absolute Gasteiger partial charge is 0.160 e. The second-order valence-corrected chi connectivity index (χ2v) is 6.94. The van der Waals surface area contributed by atoms with E-state index in [1.807, 2.05) is 0 Å². The van der Waals surface area contributed by atoms with E-state index in [9.17, 15) is 13.2 Å². The van der Waals surface area contributed by atoms with Crippen LogP contribution in [0.1, 0.15) is 32.1 Å². The molecule has 0 spiro atoms. The Hall–Kier alpha value is -0.420. The summed E-state index contributed by atoms with van der Waals surface area (Å²) in [7, 11) is -3.16. The van der Waals surface area contributed by atoms with E-state index in [1.165, 1.54) is 0 Å². The largest absolute Gasteiger partial charge is 0.381 e. The monoisotopic (exact) mass is 246 g/mol. The normalized spacial score (nSPS) is 31.1. The molecule has 0 amide bonds. The number of Topliss-reactive ketones (excluding diaryl/α,β-unsaturated/α-hetero) is 1. The highest BCUT2D eigenvalue weighted by atomic mass is 32.2.